The van der Waals surface area contributed by atoms with Crippen molar-refractivity contribution in [3.63, 3.8) is 0 Å². The third kappa shape index (κ3) is 8.95. The molecule has 0 aromatic carbocycles. The van der Waals surface area contributed by atoms with Gasteiger partial charge in [0.15, 0.2) is 0 Å². The van der Waals surface area contributed by atoms with E-state index in [4.69, 9.17) is 18.9 Å². The van der Waals surface area contributed by atoms with E-state index in [1.54, 1.807) is 27.7 Å². The average molecular weight is 527 g/mol. The van der Waals surface area contributed by atoms with Crippen molar-refractivity contribution in [2.75, 3.05) is 39.5 Å². The van der Waals surface area contributed by atoms with Crippen molar-refractivity contribution >= 4 is 23.9 Å². The van der Waals surface area contributed by atoms with Gasteiger partial charge in [0.25, 0.3) is 0 Å². The lowest BCUT2D eigenvalue weighted by Gasteiger charge is -2.36. The highest BCUT2D eigenvalue weighted by atomic mass is 16.5. The summed E-state index contributed by atoms with van der Waals surface area (Å²) < 4.78 is 20.4. The van der Waals surface area contributed by atoms with Crippen molar-refractivity contribution in [3.05, 3.63) is 0 Å². The van der Waals surface area contributed by atoms with E-state index in [0.717, 1.165) is 19.3 Å². The van der Waals surface area contributed by atoms with Gasteiger partial charge in [-0.3, -0.25) is 19.2 Å². The van der Waals surface area contributed by atoms with Gasteiger partial charge >= 0.3 is 23.9 Å². The monoisotopic (exact) mass is 526 g/mol. The zero-order valence-electron chi connectivity index (χ0n) is 23.1. The van der Waals surface area contributed by atoms with Gasteiger partial charge in [-0.2, -0.15) is 0 Å². The van der Waals surface area contributed by atoms with Crippen LogP contribution in [-0.2, 0) is 38.1 Å². The van der Waals surface area contributed by atoms with Crippen LogP contribution in [0, 0.1) is 29.6 Å². The molecule has 2 bridgehead atoms. The Balaban J connectivity index is 1.97. The molecule has 0 heterocycles. The van der Waals surface area contributed by atoms with Crippen LogP contribution in [-0.4, -0.2) is 75.5 Å². The summed E-state index contributed by atoms with van der Waals surface area (Å²) in [6.07, 6.45) is 3.02. The van der Waals surface area contributed by atoms with Gasteiger partial charge in [0.2, 0.25) is 0 Å². The summed E-state index contributed by atoms with van der Waals surface area (Å²) in [5.74, 6) is 0.540. The Morgan fingerprint density at radius 2 is 1.16 bits per heavy atom. The molecule has 2 saturated carbocycles. The first-order valence-corrected chi connectivity index (χ1v) is 13.9. The number of carbonyl (C=O) groups is 4. The molecule has 212 valence electrons. The third-order valence-electron chi connectivity index (χ3n) is 7.68. The highest BCUT2D eigenvalue weighted by molar-refractivity contribution is 5.83. The largest absolute Gasteiger partial charge is 0.466 e. The number of hydrogen-bond acceptors (Lipinski definition) is 10. The van der Waals surface area contributed by atoms with E-state index in [9.17, 15) is 19.2 Å². The van der Waals surface area contributed by atoms with Crippen LogP contribution < -0.4 is 10.6 Å². The van der Waals surface area contributed by atoms with E-state index in [2.05, 4.69) is 17.6 Å². The lowest BCUT2D eigenvalue weighted by molar-refractivity contribution is -0.152. The SMILES string of the molecule is CCOC(=O)CC(NCC1CC2CC1C(CC)C2CNC(CC(=O)OCC)C(=O)OCC)C(=O)OCC. The Labute approximate surface area is 220 Å². The summed E-state index contributed by atoms with van der Waals surface area (Å²) in [5, 5.41) is 6.60. The van der Waals surface area contributed by atoms with Crippen LogP contribution in [0.15, 0.2) is 0 Å². The fourth-order valence-corrected chi connectivity index (χ4v) is 6.21. The van der Waals surface area contributed by atoms with E-state index in [1.807, 2.05) is 0 Å². The van der Waals surface area contributed by atoms with Crippen molar-refractivity contribution in [2.45, 2.75) is 78.8 Å². The van der Waals surface area contributed by atoms with Gasteiger partial charge in [-0.1, -0.05) is 13.3 Å². The Morgan fingerprint density at radius 3 is 1.62 bits per heavy atom. The van der Waals surface area contributed by atoms with Gasteiger partial charge < -0.3 is 29.6 Å². The Morgan fingerprint density at radius 1 is 0.676 bits per heavy atom. The summed E-state index contributed by atoms with van der Waals surface area (Å²) in [6.45, 7) is 11.5. The van der Waals surface area contributed by atoms with Gasteiger partial charge in [-0.25, -0.2) is 0 Å². The molecule has 37 heavy (non-hydrogen) atoms. The van der Waals surface area contributed by atoms with Gasteiger partial charge in [0.1, 0.15) is 12.1 Å². The van der Waals surface area contributed by atoms with Gasteiger partial charge in [0.05, 0.1) is 39.3 Å². The zero-order valence-corrected chi connectivity index (χ0v) is 23.1. The van der Waals surface area contributed by atoms with Gasteiger partial charge in [-0.15, -0.1) is 0 Å². The average Bonchev–Trinajstić information content (AvgIpc) is 3.42. The van der Waals surface area contributed by atoms with Crippen LogP contribution in [0.5, 0.6) is 0 Å². The van der Waals surface area contributed by atoms with Crippen LogP contribution in [0.1, 0.15) is 66.7 Å². The normalized spacial score (nSPS) is 25.8. The molecule has 0 amide bonds. The Hall–Kier alpha value is -2.20. The second-order valence-electron chi connectivity index (χ2n) is 9.84. The van der Waals surface area contributed by atoms with E-state index in [-0.39, 0.29) is 39.3 Å². The Kier molecular flexibility index (Phi) is 13.3. The van der Waals surface area contributed by atoms with Crippen molar-refractivity contribution in [1.82, 2.24) is 10.6 Å². The molecule has 2 aliphatic carbocycles. The van der Waals surface area contributed by atoms with Crippen molar-refractivity contribution < 1.29 is 38.1 Å². The summed E-state index contributed by atoms with van der Waals surface area (Å²) in [4.78, 5) is 48.9. The number of carbonyl (C=O) groups excluding carboxylic acids is 4. The van der Waals surface area contributed by atoms with E-state index < -0.39 is 36.0 Å². The predicted octanol–water partition coefficient (Wildman–Crippen LogP) is 2.23. The smallest absolute Gasteiger partial charge is 0.323 e. The topological polar surface area (TPSA) is 129 Å². The van der Waals surface area contributed by atoms with E-state index in [0.29, 0.717) is 42.7 Å². The molecule has 2 N–H and O–H groups in total. The van der Waals surface area contributed by atoms with Crippen LogP contribution in [0.4, 0.5) is 0 Å². The quantitative estimate of drug-likeness (QED) is 0.215. The molecule has 0 aromatic heterocycles. The number of ether oxygens (including phenoxy) is 4. The van der Waals surface area contributed by atoms with Crippen LogP contribution in [0.2, 0.25) is 0 Å². The van der Waals surface area contributed by atoms with E-state index in [1.165, 1.54) is 0 Å². The number of rotatable bonds is 17. The number of nitrogens with one attached hydrogen (secondary N) is 2. The molecule has 7 unspecified atom stereocenters. The molecule has 0 spiro atoms. The minimum Gasteiger partial charge on any atom is -0.466 e. The van der Waals surface area contributed by atoms with Gasteiger partial charge in [-0.05, 0) is 83.2 Å². The van der Waals surface area contributed by atoms with Crippen molar-refractivity contribution in [3.8, 4) is 0 Å². The minimum absolute atomic E-state index is 0.0487. The maximum atomic E-state index is 12.4. The van der Waals surface area contributed by atoms with Crippen molar-refractivity contribution in [2.24, 2.45) is 29.6 Å². The molecule has 0 aliphatic heterocycles. The molecule has 2 fully saturated rings. The summed E-state index contributed by atoms with van der Waals surface area (Å²) in [7, 11) is 0. The highest BCUT2D eigenvalue weighted by Crippen LogP contribution is 2.56. The third-order valence-corrected chi connectivity index (χ3v) is 7.68. The van der Waals surface area contributed by atoms with Crippen LogP contribution in [0.25, 0.3) is 0 Å². The zero-order chi connectivity index (χ0) is 27.4. The summed E-state index contributed by atoms with van der Waals surface area (Å²) in [5.41, 5.74) is 0. The lowest BCUT2D eigenvalue weighted by atomic mass is 9.72. The number of fused-ring (bicyclic) bond motifs is 2. The molecular formula is C27H46N2O8. The molecule has 10 nitrogen and oxygen atoms in total. The predicted molar refractivity (Wildman–Crippen MR) is 136 cm³/mol. The molecule has 2 aliphatic rings. The maximum Gasteiger partial charge on any atom is 0.323 e. The molecular weight excluding hydrogens is 480 g/mol. The van der Waals surface area contributed by atoms with E-state index >= 15 is 0 Å². The lowest BCUT2D eigenvalue weighted by Crippen LogP contribution is -2.46. The fourth-order valence-electron chi connectivity index (χ4n) is 6.21. The molecule has 7 atom stereocenters. The van der Waals surface area contributed by atoms with Crippen LogP contribution >= 0.6 is 0 Å². The second kappa shape index (κ2) is 15.9. The first-order valence-electron chi connectivity index (χ1n) is 13.9. The van der Waals surface area contributed by atoms with Crippen molar-refractivity contribution in [1.29, 1.82) is 0 Å². The summed E-state index contributed by atoms with van der Waals surface area (Å²) >= 11 is 0. The summed E-state index contributed by atoms with van der Waals surface area (Å²) in [6, 6.07) is -1.44. The van der Waals surface area contributed by atoms with Crippen LogP contribution in [0.3, 0.4) is 0 Å². The van der Waals surface area contributed by atoms with Gasteiger partial charge in [0, 0.05) is 0 Å². The first-order chi connectivity index (χ1) is 17.8. The number of esters is 4. The fraction of sp³-hybridized carbons (Fsp3) is 0.852. The maximum absolute atomic E-state index is 12.4. The molecule has 0 radical (unpaired) electrons. The number of hydrogen-bond donors (Lipinski definition) is 2. The minimum atomic E-state index is -0.721. The highest BCUT2D eigenvalue weighted by Gasteiger charge is 2.51. The standard InChI is InChI=1S/C27H46N2O8/c1-6-19-20-12-17(21(19)16-29-23(27(33)37-10-5)14-25(31)35-8-3)11-18(20)15-28-22(26(32)36-9-4)13-24(30)34-7-2/h17-23,28-29H,6-16H2,1-5H3. The molecule has 0 saturated heterocycles. The molecule has 10 heteroatoms. The molecule has 2 rings (SSSR count). The Bertz CT molecular complexity index is 761. The first kappa shape index (κ1) is 31.0. The second-order valence-corrected chi connectivity index (χ2v) is 9.84. The molecule has 0 aromatic rings.